The Hall–Kier alpha value is -1.61. The first-order valence-electron chi connectivity index (χ1n) is 7.83. The molecule has 0 saturated carbocycles. The third kappa shape index (κ3) is 4.71. The second-order valence-corrected chi connectivity index (χ2v) is 6.16. The van der Waals surface area contributed by atoms with Crippen LogP contribution in [0.4, 0.5) is 0 Å². The van der Waals surface area contributed by atoms with E-state index in [2.05, 4.69) is 61.5 Å². The molecule has 3 heteroatoms. The number of aromatic nitrogens is 2. The third-order valence-electron chi connectivity index (χ3n) is 3.99. The Balaban J connectivity index is 2.04. The van der Waals surface area contributed by atoms with Crippen molar-refractivity contribution in [2.75, 3.05) is 6.54 Å². The SMILES string of the molecule is Cc1ccc(C(CCc2ccnn2C)CNC(C)C)cc1. The van der Waals surface area contributed by atoms with Crippen LogP contribution in [0.5, 0.6) is 0 Å². The molecule has 1 atom stereocenters. The third-order valence-corrected chi connectivity index (χ3v) is 3.99. The van der Waals surface area contributed by atoms with E-state index in [0.29, 0.717) is 12.0 Å². The molecule has 21 heavy (non-hydrogen) atoms. The Morgan fingerprint density at radius 3 is 2.43 bits per heavy atom. The van der Waals surface area contributed by atoms with Crippen LogP contribution in [-0.4, -0.2) is 22.4 Å². The predicted molar refractivity (Wildman–Crippen MR) is 88.6 cm³/mol. The van der Waals surface area contributed by atoms with Crippen molar-refractivity contribution in [2.45, 2.75) is 45.6 Å². The van der Waals surface area contributed by atoms with Crippen molar-refractivity contribution in [3.8, 4) is 0 Å². The van der Waals surface area contributed by atoms with Gasteiger partial charge >= 0.3 is 0 Å². The molecule has 0 amide bonds. The standard InChI is InChI=1S/C18H27N3/c1-14(2)19-13-17(16-7-5-15(3)6-8-16)9-10-18-11-12-20-21(18)4/h5-8,11-12,14,17,19H,9-10,13H2,1-4H3. The fraction of sp³-hybridized carbons (Fsp3) is 0.500. The van der Waals surface area contributed by atoms with Gasteiger partial charge < -0.3 is 5.32 Å². The molecule has 1 N–H and O–H groups in total. The normalized spacial score (nSPS) is 12.8. The lowest BCUT2D eigenvalue weighted by atomic mass is 9.92. The van der Waals surface area contributed by atoms with Crippen LogP contribution in [0.3, 0.4) is 0 Å². The van der Waals surface area contributed by atoms with Gasteiger partial charge in [-0.25, -0.2) is 0 Å². The summed E-state index contributed by atoms with van der Waals surface area (Å²) in [6.07, 6.45) is 4.08. The van der Waals surface area contributed by atoms with Crippen molar-refractivity contribution in [1.82, 2.24) is 15.1 Å². The van der Waals surface area contributed by atoms with E-state index in [1.807, 2.05) is 17.9 Å². The van der Waals surface area contributed by atoms with Crippen molar-refractivity contribution >= 4 is 0 Å². The number of hydrogen-bond acceptors (Lipinski definition) is 2. The number of hydrogen-bond donors (Lipinski definition) is 1. The molecule has 0 saturated heterocycles. The van der Waals surface area contributed by atoms with Gasteiger partial charge in [0.05, 0.1) is 0 Å². The molecular formula is C18H27N3. The molecule has 1 heterocycles. The average Bonchev–Trinajstić information content (AvgIpc) is 2.85. The first kappa shape index (κ1) is 15.8. The van der Waals surface area contributed by atoms with Gasteiger partial charge in [-0.2, -0.15) is 5.10 Å². The summed E-state index contributed by atoms with van der Waals surface area (Å²) in [5.41, 5.74) is 4.05. The molecule has 2 rings (SSSR count). The Bertz CT molecular complexity index is 540. The largest absolute Gasteiger partial charge is 0.314 e. The molecule has 1 unspecified atom stereocenters. The van der Waals surface area contributed by atoms with E-state index in [0.717, 1.165) is 19.4 Å². The Kier molecular flexibility index (Phi) is 5.57. The summed E-state index contributed by atoms with van der Waals surface area (Å²) in [6.45, 7) is 7.57. The minimum atomic E-state index is 0.523. The topological polar surface area (TPSA) is 29.9 Å². The molecule has 2 aromatic rings. The van der Waals surface area contributed by atoms with Gasteiger partial charge in [-0.3, -0.25) is 4.68 Å². The van der Waals surface area contributed by atoms with Crippen LogP contribution in [-0.2, 0) is 13.5 Å². The lowest BCUT2D eigenvalue weighted by molar-refractivity contribution is 0.503. The summed E-state index contributed by atoms with van der Waals surface area (Å²) < 4.78 is 1.97. The molecule has 0 bridgehead atoms. The first-order chi connectivity index (χ1) is 10.1. The molecule has 114 valence electrons. The minimum Gasteiger partial charge on any atom is -0.314 e. The van der Waals surface area contributed by atoms with Gasteiger partial charge in [0, 0.05) is 31.5 Å². The van der Waals surface area contributed by atoms with Gasteiger partial charge in [-0.05, 0) is 37.3 Å². The maximum Gasteiger partial charge on any atom is 0.0492 e. The van der Waals surface area contributed by atoms with Crippen molar-refractivity contribution in [3.05, 3.63) is 53.3 Å². The van der Waals surface area contributed by atoms with Crippen LogP contribution in [0.2, 0.25) is 0 Å². The predicted octanol–water partition coefficient (Wildman–Crippen LogP) is 3.44. The zero-order chi connectivity index (χ0) is 15.2. The van der Waals surface area contributed by atoms with Gasteiger partial charge in [-0.15, -0.1) is 0 Å². The highest BCUT2D eigenvalue weighted by atomic mass is 15.2. The summed E-state index contributed by atoms with van der Waals surface area (Å²) in [5.74, 6) is 0.544. The fourth-order valence-electron chi connectivity index (χ4n) is 2.57. The zero-order valence-electron chi connectivity index (χ0n) is 13.6. The van der Waals surface area contributed by atoms with E-state index in [1.54, 1.807) is 0 Å². The maximum absolute atomic E-state index is 4.25. The molecule has 0 aliphatic heterocycles. The quantitative estimate of drug-likeness (QED) is 0.844. The van der Waals surface area contributed by atoms with Crippen LogP contribution in [0.1, 0.15) is 43.0 Å². The van der Waals surface area contributed by atoms with E-state index in [4.69, 9.17) is 0 Å². The molecule has 3 nitrogen and oxygen atoms in total. The Morgan fingerprint density at radius 2 is 1.86 bits per heavy atom. The van der Waals surface area contributed by atoms with Crippen molar-refractivity contribution < 1.29 is 0 Å². The van der Waals surface area contributed by atoms with Crippen molar-refractivity contribution in [3.63, 3.8) is 0 Å². The summed E-state index contributed by atoms with van der Waals surface area (Å²) in [7, 11) is 2.02. The van der Waals surface area contributed by atoms with Gasteiger partial charge in [0.1, 0.15) is 0 Å². The van der Waals surface area contributed by atoms with Crippen LogP contribution < -0.4 is 5.32 Å². The number of nitrogens with one attached hydrogen (secondary N) is 1. The maximum atomic E-state index is 4.25. The Labute approximate surface area is 128 Å². The second kappa shape index (κ2) is 7.41. The molecule has 0 spiro atoms. The number of nitrogens with zero attached hydrogens (tertiary/aromatic N) is 2. The highest BCUT2D eigenvalue weighted by Gasteiger charge is 2.13. The van der Waals surface area contributed by atoms with Gasteiger partial charge in [-0.1, -0.05) is 43.7 Å². The first-order valence-corrected chi connectivity index (χ1v) is 7.83. The van der Waals surface area contributed by atoms with Crippen LogP contribution >= 0.6 is 0 Å². The van der Waals surface area contributed by atoms with E-state index in [-0.39, 0.29) is 0 Å². The van der Waals surface area contributed by atoms with Crippen molar-refractivity contribution in [2.24, 2.45) is 7.05 Å². The van der Waals surface area contributed by atoms with E-state index >= 15 is 0 Å². The summed E-state index contributed by atoms with van der Waals surface area (Å²) in [5, 5.41) is 7.84. The zero-order valence-corrected chi connectivity index (χ0v) is 13.6. The molecule has 0 radical (unpaired) electrons. The van der Waals surface area contributed by atoms with Crippen LogP contribution in [0.15, 0.2) is 36.5 Å². The smallest absolute Gasteiger partial charge is 0.0492 e. The van der Waals surface area contributed by atoms with E-state index in [9.17, 15) is 0 Å². The van der Waals surface area contributed by atoms with E-state index in [1.165, 1.54) is 16.8 Å². The number of benzene rings is 1. The van der Waals surface area contributed by atoms with Crippen molar-refractivity contribution in [1.29, 1.82) is 0 Å². The Morgan fingerprint density at radius 1 is 1.14 bits per heavy atom. The number of rotatable bonds is 7. The monoisotopic (exact) mass is 285 g/mol. The van der Waals surface area contributed by atoms with Gasteiger partial charge in [0.25, 0.3) is 0 Å². The molecule has 0 aliphatic rings. The summed E-state index contributed by atoms with van der Waals surface area (Å²) in [6, 6.07) is 11.6. The lowest BCUT2D eigenvalue weighted by Crippen LogP contribution is -2.28. The summed E-state index contributed by atoms with van der Waals surface area (Å²) in [4.78, 5) is 0. The fourth-order valence-corrected chi connectivity index (χ4v) is 2.57. The molecule has 0 aliphatic carbocycles. The highest BCUT2D eigenvalue weighted by Crippen LogP contribution is 2.22. The number of aryl methyl sites for hydroxylation is 3. The molecule has 1 aromatic carbocycles. The highest BCUT2D eigenvalue weighted by molar-refractivity contribution is 5.25. The lowest BCUT2D eigenvalue weighted by Gasteiger charge is -2.20. The summed E-state index contributed by atoms with van der Waals surface area (Å²) >= 11 is 0. The van der Waals surface area contributed by atoms with Crippen LogP contribution in [0, 0.1) is 6.92 Å². The van der Waals surface area contributed by atoms with Gasteiger partial charge in [0.2, 0.25) is 0 Å². The van der Waals surface area contributed by atoms with Crippen LogP contribution in [0.25, 0.3) is 0 Å². The minimum absolute atomic E-state index is 0.523. The molecular weight excluding hydrogens is 258 g/mol. The molecule has 0 fully saturated rings. The average molecular weight is 285 g/mol. The molecule has 1 aromatic heterocycles. The van der Waals surface area contributed by atoms with E-state index < -0.39 is 0 Å². The van der Waals surface area contributed by atoms with Gasteiger partial charge in [0.15, 0.2) is 0 Å². The second-order valence-electron chi connectivity index (χ2n) is 6.16.